The lowest BCUT2D eigenvalue weighted by Crippen LogP contribution is -2.31. The van der Waals surface area contributed by atoms with Crippen molar-refractivity contribution in [2.45, 2.75) is 13.8 Å². The first-order valence-corrected chi connectivity index (χ1v) is 8.73. The van der Waals surface area contributed by atoms with Crippen molar-refractivity contribution in [2.75, 3.05) is 0 Å². The van der Waals surface area contributed by atoms with Crippen molar-refractivity contribution >= 4 is 31.5 Å². The van der Waals surface area contributed by atoms with Gasteiger partial charge in [-0.1, -0.05) is 18.2 Å². The Bertz CT molecular complexity index is 1150. The maximum atomic E-state index is 9.16. The van der Waals surface area contributed by atoms with Crippen molar-refractivity contribution < 1.29 is 4.57 Å². The molecular weight excluding hydrogens is 312 g/mol. The average Bonchev–Trinajstić information content (AvgIpc) is 2.93. The molecule has 3 heteroatoms. The van der Waals surface area contributed by atoms with Crippen LogP contribution in [0.3, 0.4) is 0 Å². The highest BCUT2D eigenvalue weighted by molar-refractivity contribution is 7.26. The van der Waals surface area contributed by atoms with Crippen molar-refractivity contribution in [1.82, 2.24) is 0 Å². The number of hydrogen-bond donors (Lipinski definition) is 0. The summed E-state index contributed by atoms with van der Waals surface area (Å²) in [4.78, 5) is 0. The topological polar surface area (TPSA) is 27.7 Å². The minimum Gasteiger partial charge on any atom is -0.201 e. The fourth-order valence-corrected chi connectivity index (χ4v) is 4.68. The minimum atomic E-state index is 0.716. The first-order chi connectivity index (χ1) is 11.6. The van der Waals surface area contributed by atoms with E-state index in [1.807, 2.05) is 12.1 Å². The Morgan fingerprint density at radius 3 is 2.54 bits per heavy atom. The number of aryl methyl sites for hydroxylation is 3. The van der Waals surface area contributed by atoms with E-state index >= 15 is 0 Å². The van der Waals surface area contributed by atoms with E-state index in [9.17, 15) is 0 Å². The Hall–Kier alpha value is -2.70. The van der Waals surface area contributed by atoms with Crippen LogP contribution in [0.15, 0.2) is 48.7 Å². The van der Waals surface area contributed by atoms with Crippen LogP contribution in [0.25, 0.3) is 31.4 Å². The van der Waals surface area contributed by atoms with Crippen LogP contribution in [-0.4, -0.2) is 0 Å². The molecule has 0 unspecified atom stereocenters. The third kappa shape index (κ3) is 2.19. The van der Waals surface area contributed by atoms with E-state index in [0.717, 1.165) is 0 Å². The first kappa shape index (κ1) is 14.9. The molecule has 2 aromatic heterocycles. The molecule has 0 spiro atoms. The minimum absolute atomic E-state index is 0.716. The molecule has 2 aromatic carbocycles. The van der Waals surface area contributed by atoms with E-state index in [-0.39, 0.29) is 0 Å². The van der Waals surface area contributed by atoms with E-state index in [1.54, 1.807) is 11.3 Å². The van der Waals surface area contributed by atoms with E-state index in [0.29, 0.717) is 5.56 Å². The summed E-state index contributed by atoms with van der Waals surface area (Å²) < 4.78 is 4.66. The molecule has 24 heavy (non-hydrogen) atoms. The van der Waals surface area contributed by atoms with E-state index in [2.05, 4.69) is 68.1 Å². The largest absolute Gasteiger partial charge is 0.213 e. The van der Waals surface area contributed by atoms with Crippen LogP contribution in [0.5, 0.6) is 0 Å². The molecule has 2 heterocycles. The van der Waals surface area contributed by atoms with Crippen molar-refractivity contribution in [2.24, 2.45) is 7.05 Å². The molecule has 0 aliphatic carbocycles. The van der Waals surface area contributed by atoms with Crippen LogP contribution in [0.1, 0.15) is 16.7 Å². The van der Waals surface area contributed by atoms with Gasteiger partial charge in [0.1, 0.15) is 7.05 Å². The second-order valence-corrected chi connectivity index (χ2v) is 7.31. The Balaban J connectivity index is 2.11. The van der Waals surface area contributed by atoms with Crippen LogP contribution in [-0.2, 0) is 7.05 Å². The predicted octanol–water partition coefficient (Wildman–Crippen LogP) is 5.03. The fraction of sp³-hybridized carbons (Fsp3) is 0.143. The summed E-state index contributed by atoms with van der Waals surface area (Å²) in [6, 6.07) is 17.0. The van der Waals surface area contributed by atoms with Gasteiger partial charge in [0, 0.05) is 31.8 Å². The number of fused-ring (bicyclic) bond motifs is 3. The summed E-state index contributed by atoms with van der Waals surface area (Å²) in [7, 11) is 2.10. The summed E-state index contributed by atoms with van der Waals surface area (Å²) in [6.45, 7) is 4.28. The zero-order valence-corrected chi connectivity index (χ0v) is 14.7. The van der Waals surface area contributed by atoms with Gasteiger partial charge in [-0.15, -0.1) is 11.3 Å². The fourth-order valence-electron chi connectivity index (χ4n) is 3.33. The van der Waals surface area contributed by atoms with Gasteiger partial charge >= 0.3 is 0 Å². The maximum Gasteiger partial charge on any atom is 0.213 e. The standard InChI is InChI=1S/C21H17N2S/c1-13-4-9-18(23(3)12-13)20-14(2)5-7-17-16-8-6-15(11-22)10-19(16)24-21(17)20/h4-10,12H,1-3H3/q+1. The van der Waals surface area contributed by atoms with Crippen LogP contribution >= 0.6 is 11.3 Å². The van der Waals surface area contributed by atoms with Gasteiger partial charge in [0.05, 0.1) is 17.2 Å². The number of benzene rings is 2. The van der Waals surface area contributed by atoms with E-state index in [1.165, 1.54) is 42.6 Å². The zero-order chi connectivity index (χ0) is 16.8. The lowest BCUT2D eigenvalue weighted by Gasteiger charge is -2.06. The summed E-state index contributed by atoms with van der Waals surface area (Å²) >= 11 is 1.78. The van der Waals surface area contributed by atoms with E-state index in [4.69, 9.17) is 5.26 Å². The molecule has 0 bridgehead atoms. The van der Waals surface area contributed by atoms with Gasteiger partial charge in [0.25, 0.3) is 0 Å². The summed E-state index contributed by atoms with van der Waals surface area (Å²) in [6.07, 6.45) is 2.16. The van der Waals surface area contributed by atoms with Crippen LogP contribution < -0.4 is 4.57 Å². The third-order valence-corrected chi connectivity index (χ3v) is 5.70. The number of aromatic nitrogens is 1. The average molecular weight is 329 g/mol. The van der Waals surface area contributed by atoms with Gasteiger partial charge in [0.15, 0.2) is 6.20 Å². The summed E-state index contributed by atoms with van der Waals surface area (Å²) in [5, 5.41) is 11.7. The van der Waals surface area contributed by atoms with E-state index < -0.39 is 0 Å². The highest BCUT2D eigenvalue weighted by atomic mass is 32.1. The Kier molecular flexibility index (Phi) is 3.37. The molecule has 4 rings (SSSR count). The van der Waals surface area contributed by atoms with Gasteiger partial charge in [-0.05, 0) is 37.6 Å². The van der Waals surface area contributed by atoms with Gasteiger partial charge in [-0.2, -0.15) is 5.26 Å². The zero-order valence-electron chi connectivity index (χ0n) is 13.9. The summed E-state index contributed by atoms with van der Waals surface area (Å²) in [5.41, 5.74) is 5.74. The number of thiophene rings is 1. The van der Waals surface area contributed by atoms with Gasteiger partial charge in [-0.25, -0.2) is 4.57 Å². The molecule has 0 saturated heterocycles. The molecule has 0 amide bonds. The Morgan fingerprint density at radius 1 is 1.00 bits per heavy atom. The number of rotatable bonds is 1. The highest BCUT2D eigenvalue weighted by Gasteiger charge is 2.19. The van der Waals surface area contributed by atoms with Gasteiger partial charge < -0.3 is 0 Å². The Labute approximate surface area is 145 Å². The van der Waals surface area contributed by atoms with Gasteiger partial charge in [-0.3, -0.25) is 0 Å². The SMILES string of the molecule is Cc1ccc(-c2c(C)ccc3c2sc2cc(C#N)ccc23)[n+](C)c1. The summed E-state index contributed by atoms with van der Waals surface area (Å²) in [5.74, 6) is 0. The molecule has 0 aliphatic rings. The third-order valence-electron chi connectivity index (χ3n) is 4.52. The lowest BCUT2D eigenvalue weighted by atomic mass is 10.0. The van der Waals surface area contributed by atoms with Gasteiger partial charge in [0.2, 0.25) is 5.69 Å². The molecule has 4 aromatic rings. The van der Waals surface area contributed by atoms with Crippen molar-refractivity contribution in [1.29, 1.82) is 5.26 Å². The number of nitrogens with zero attached hydrogens (tertiary/aromatic N) is 2. The molecule has 0 fully saturated rings. The van der Waals surface area contributed by atoms with Crippen molar-refractivity contribution in [3.8, 4) is 17.3 Å². The van der Waals surface area contributed by atoms with Crippen LogP contribution in [0.2, 0.25) is 0 Å². The second kappa shape index (κ2) is 5.43. The number of pyridine rings is 1. The molecule has 2 nitrogen and oxygen atoms in total. The first-order valence-electron chi connectivity index (χ1n) is 7.91. The molecule has 0 N–H and O–H groups in total. The van der Waals surface area contributed by atoms with Crippen molar-refractivity contribution in [3.63, 3.8) is 0 Å². The van der Waals surface area contributed by atoms with Crippen LogP contribution in [0.4, 0.5) is 0 Å². The van der Waals surface area contributed by atoms with Crippen LogP contribution in [0, 0.1) is 25.2 Å². The molecular formula is C21H17N2S+. The molecule has 116 valence electrons. The molecule has 0 atom stereocenters. The quantitative estimate of drug-likeness (QED) is 0.450. The predicted molar refractivity (Wildman–Crippen MR) is 100 cm³/mol. The highest BCUT2D eigenvalue weighted by Crippen LogP contribution is 2.40. The molecule has 0 saturated carbocycles. The number of nitriles is 1. The van der Waals surface area contributed by atoms with Crippen molar-refractivity contribution in [3.05, 3.63) is 65.4 Å². The molecule has 0 aliphatic heterocycles. The Morgan fingerprint density at radius 2 is 1.79 bits per heavy atom. The normalized spacial score (nSPS) is 11.1. The monoisotopic (exact) mass is 329 g/mol. The second-order valence-electron chi connectivity index (χ2n) is 6.26. The maximum absolute atomic E-state index is 9.16. The molecule has 0 radical (unpaired) electrons. The smallest absolute Gasteiger partial charge is 0.201 e. The number of hydrogen-bond acceptors (Lipinski definition) is 2. The lowest BCUT2D eigenvalue weighted by molar-refractivity contribution is -0.660.